The van der Waals surface area contributed by atoms with Crippen LogP contribution in [0.2, 0.25) is 0 Å². The molecule has 1 aliphatic rings. The molecule has 1 aliphatic carbocycles. The minimum absolute atomic E-state index is 0.383. The third-order valence-electron chi connectivity index (χ3n) is 5.49. The molecule has 0 atom stereocenters. The van der Waals surface area contributed by atoms with Crippen LogP contribution in [0.4, 0.5) is 5.82 Å². The van der Waals surface area contributed by atoms with Crippen molar-refractivity contribution in [1.82, 2.24) is 9.97 Å². The van der Waals surface area contributed by atoms with Gasteiger partial charge in [-0.3, -0.25) is 9.78 Å². The molecule has 0 unspecified atom stereocenters. The molecule has 1 saturated carbocycles. The smallest absolute Gasteiger partial charge is 0.248 e. The van der Waals surface area contributed by atoms with Crippen LogP contribution in [0.1, 0.15) is 53.2 Å². The summed E-state index contributed by atoms with van der Waals surface area (Å²) in [4.78, 5) is 20.6. The number of carbonyl (C=O) groups is 1. The lowest BCUT2D eigenvalue weighted by molar-refractivity contribution is 0.1000. The number of carbonyl (C=O) groups excluding carboxylic acids is 1. The monoisotopic (exact) mass is 360 g/mol. The van der Waals surface area contributed by atoms with Crippen molar-refractivity contribution in [3.63, 3.8) is 0 Å². The number of pyridine rings is 2. The van der Waals surface area contributed by atoms with E-state index in [-0.39, 0.29) is 0 Å². The maximum absolute atomic E-state index is 11.4. The number of nitrogens with one attached hydrogen (secondary N) is 1. The predicted octanol–water partition coefficient (Wildman–Crippen LogP) is 4.18. The Balaban J connectivity index is 1.43. The third kappa shape index (κ3) is 3.77. The van der Waals surface area contributed by atoms with Crippen molar-refractivity contribution in [2.75, 3.05) is 5.32 Å². The predicted molar refractivity (Wildman–Crippen MR) is 108 cm³/mol. The standard InChI is InChI=1S/C22H24N4O/c1-14-12-21(26-19-5-3-2-4-18(14)19)25-17-8-6-15(7-9-17)20-13-16(22(23)27)10-11-24-20/h2-5,10-13,15,17H,6-9H2,1H3,(H2,23,27)(H,25,26). The quantitative estimate of drug-likeness (QED) is 0.731. The van der Waals surface area contributed by atoms with E-state index < -0.39 is 5.91 Å². The summed E-state index contributed by atoms with van der Waals surface area (Å²) in [6.45, 7) is 2.13. The van der Waals surface area contributed by atoms with Crippen molar-refractivity contribution >= 4 is 22.6 Å². The van der Waals surface area contributed by atoms with Gasteiger partial charge in [0.1, 0.15) is 5.82 Å². The van der Waals surface area contributed by atoms with Crippen molar-refractivity contribution in [2.24, 2.45) is 5.73 Å². The average Bonchev–Trinajstić information content (AvgIpc) is 2.69. The molecule has 2 heterocycles. The number of rotatable bonds is 4. The number of nitrogens with zero attached hydrogens (tertiary/aromatic N) is 2. The second kappa shape index (κ2) is 7.35. The molecule has 2 aromatic heterocycles. The summed E-state index contributed by atoms with van der Waals surface area (Å²) in [5.41, 5.74) is 9.17. The van der Waals surface area contributed by atoms with Crippen LogP contribution in [-0.4, -0.2) is 21.9 Å². The normalized spacial score (nSPS) is 19.7. The highest BCUT2D eigenvalue weighted by Crippen LogP contribution is 2.33. The Hall–Kier alpha value is -2.95. The van der Waals surface area contributed by atoms with Crippen LogP contribution in [-0.2, 0) is 0 Å². The fraction of sp³-hybridized carbons (Fsp3) is 0.318. The molecule has 27 heavy (non-hydrogen) atoms. The molecule has 138 valence electrons. The zero-order chi connectivity index (χ0) is 18.8. The number of nitrogens with two attached hydrogens (primary N) is 1. The molecule has 1 aromatic carbocycles. The summed E-state index contributed by atoms with van der Waals surface area (Å²) in [5.74, 6) is 0.934. The lowest BCUT2D eigenvalue weighted by atomic mass is 9.83. The second-order valence-corrected chi connectivity index (χ2v) is 7.37. The summed E-state index contributed by atoms with van der Waals surface area (Å²) in [6, 6.07) is 14.3. The van der Waals surface area contributed by atoms with E-state index in [9.17, 15) is 4.79 Å². The molecule has 4 rings (SSSR count). The molecule has 5 heteroatoms. The number of para-hydroxylation sites is 1. The highest BCUT2D eigenvalue weighted by molar-refractivity contribution is 5.92. The van der Waals surface area contributed by atoms with Gasteiger partial charge in [-0.25, -0.2) is 4.98 Å². The number of aryl methyl sites for hydroxylation is 1. The van der Waals surface area contributed by atoms with Crippen molar-refractivity contribution < 1.29 is 4.79 Å². The number of benzene rings is 1. The molecule has 5 nitrogen and oxygen atoms in total. The number of fused-ring (bicyclic) bond motifs is 1. The summed E-state index contributed by atoms with van der Waals surface area (Å²) < 4.78 is 0. The summed E-state index contributed by atoms with van der Waals surface area (Å²) in [5, 5.41) is 4.81. The van der Waals surface area contributed by atoms with Crippen LogP contribution in [0, 0.1) is 6.92 Å². The van der Waals surface area contributed by atoms with Crippen molar-refractivity contribution in [3.05, 3.63) is 65.5 Å². The van der Waals surface area contributed by atoms with Gasteiger partial charge in [0.2, 0.25) is 5.91 Å². The van der Waals surface area contributed by atoms with Crippen LogP contribution >= 0.6 is 0 Å². The van der Waals surface area contributed by atoms with E-state index >= 15 is 0 Å². The summed E-state index contributed by atoms with van der Waals surface area (Å²) >= 11 is 0. The fourth-order valence-electron chi connectivity index (χ4n) is 3.99. The molecule has 0 aliphatic heterocycles. The largest absolute Gasteiger partial charge is 0.367 e. The summed E-state index contributed by atoms with van der Waals surface area (Å²) in [7, 11) is 0. The minimum atomic E-state index is -0.397. The van der Waals surface area contributed by atoms with Crippen molar-refractivity contribution in [1.29, 1.82) is 0 Å². The van der Waals surface area contributed by atoms with Crippen LogP contribution in [0.3, 0.4) is 0 Å². The van der Waals surface area contributed by atoms with Crippen molar-refractivity contribution in [3.8, 4) is 0 Å². The van der Waals surface area contributed by atoms with Crippen LogP contribution in [0.5, 0.6) is 0 Å². The van der Waals surface area contributed by atoms with Gasteiger partial charge in [0.15, 0.2) is 0 Å². The van der Waals surface area contributed by atoms with E-state index in [0.717, 1.165) is 42.7 Å². The second-order valence-electron chi connectivity index (χ2n) is 7.37. The Labute approximate surface area is 159 Å². The number of anilines is 1. The maximum Gasteiger partial charge on any atom is 0.248 e. The van der Waals surface area contributed by atoms with E-state index in [1.807, 2.05) is 18.2 Å². The van der Waals surface area contributed by atoms with Gasteiger partial charge >= 0.3 is 0 Å². The van der Waals surface area contributed by atoms with E-state index in [0.29, 0.717) is 17.5 Å². The van der Waals surface area contributed by atoms with Gasteiger partial charge in [-0.05, 0) is 62.4 Å². The SMILES string of the molecule is Cc1cc(NC2CCC(c3cc(C(N)=O)ccn3)CC2)nc2ccccc12. The van der Waals surface area contributed by atoms with Gasteiger partial charge in [0, 0.05) is 34.8 Å². The maximum atomic E-state index is 11.4. The third-order valence-corrected chi connectivity index (χ3v) is 5.49. The molecule has 1 fully saturated rings. The first-order valence-corrected chi connectivity index (χ1v) is 9.49. The van der Waals surface area contributed by atoms with Crippen LogP contribution in [0.15, 0.2) is 48.7 Å². The van der Waals surface area contributed by atoms with Gasteiger partial charge in [0.05, 0.1) is 5.52 Å². The topological polar surface area (TPSA) is 80.9 Å². The molecular weight excluding hydrogens is 336 g/mol. The van der Waals surface area contributed by atoms with Gasteiger partial charge in [-0.2, -0.15) is 0 Å². The zero-order valence-electron chi connectivity index (χ0n) is 15.5. The zero-order valence-corrected chi connectivity index (χ0v) is 15.5. The van der Waals surface area contributed by atoms with Gasteiger partial charge in [-0.1, -0.05) is 18.2 Å². The van der Waals surface area contributed by atoms with E-state index in [1.165, 1.54) is 10.9 Å². The van der Waals surface area contributed by atoms with Crippen molar-refractivity contribution in [2.45, 2.75) is 44.6 Å². The Kier molecular flexibility index (Phi) is 4.75. The first kappa shape index (κ1) is 17.5. The fourth-order valence-corrected chi connectivity index (χ4v) is 3.99. The Morgan fingerprint density at radius 2 is 1.89 bits per heavy atom. The molecule has 0 bridgehead atoms. The summed E-state index contributed by atoms with van der Waals surface area (Å²) in [6.07, 6.45) is 5.88. The lowest BCUT2D eigenvalue weighted by Crippen LogP contribution is -2.26. The van der Waals surface area contributed by atoms with Gasteiger partial charge in [0.25, 0.3) is 0 Å². The first-order chi connectivity index (χ1) is 13.1. The van der Waals surface area contributed by atoms with E-state index in [2.05, 4.69) is 35.4 Å². The van der Waals surface area contributed by atoms with Crippen LogP contribution < -0.4 is 11.1 Å². The molecule has 0 spiro atoms. The van der Waals surface area contributed by atoms with Gasteiger partial charge < -0.3 is 11.1 Å². The molecule has 1 amide bonds. The molecule has 0 saturated heterocycles. The highest BCUT2D eigenvalue weighted by Gasteiger charge is 2.24. The highest BCUT2D eigenvalue weighted by atomic mass is 16.1. The van der Waals surface area contributed by atoms with E-state index in [4.69, 9.17) is 10.7 Å². The molecular formula is C22H24N4O. The number of hydrogen-bond acceptors (Lipinski definition) is 4. The number of primary amides is 1. The van der Waals surface area contributed by atoms with Gasteiger partial charge in [-0.15, -0.1) is 0 Å². The first-order valence-electron chi connectivity index (χ1n) is 9.49. The number of amides is 1. The average molecular weight is 360 g/mol. The Morgan fingerprint density at radius 3 is 2.67 bits per heavy atom. The minimum Gasteiger partial charge on any atom is -0.367 e. The molecule has 0 radical (unpaired) electrons. The van der Waals surface area contributed by atoms with Crippen LogP contribution in [0.25, 0.3) is 10.9 Å². The Bertz CT molecular complexity index is 977. The molecule has 3 aromatic rings. The Morgan fingerprint density at radius 1 is 1.11 bits per heavy atom. The lowest BCUT2D eigenvalue weighted by Gasteiger charge is -2.29. The molecule has 3 N–H and O–H groups in total. The number of hydrogen-bond donors (Lipinski definition) is 2. The van der Waals surface area contributed by atoms with E-state index in [1.54, 1.807) is 12.3 Å². The number of aromatic nitrogens is 2.